The van der Waals surface area contributed by atoms with E-state index >= 15 is 0 Å². The van der Waals surface area contributed by atoms with E-state index in [0.29, 0.717) is 17.1 Å². The van der Waals surface area contributed by atoms with Crippen LogP contribution in [0, 0.1) is 12.8 Å². The van der Waals surface area contributed by atoms with Gasteiger partial charge in [-0.15, -0.1) is 0 Å². The first kappa shape index (κ1) is 18.7. The van der Waals surface area contributed by atoms with Crippen LogP contribution in [0.1, 0.15) is 31.2 Å². The normalized spacial score (nSPS) is 19.6. The van der Waals surface area contributed by atoms with E-state index in [1.807, 2.05) is 0 Å². The second kappa shape index (κ2) is 8.43. The summed E-state index contributed by atoms with van der Waals surface area (Å²) in [7, 11) is 1.40. The Bertz CT molecular complexity index is 656. The number of methoxy groups -OCH3 is 1. The summed E-state index contributed by atoms with van der Waals surface area (Å²) in [4.78, 5) is 38.3. The number of amides is 2. The molecule has 1 aromatic heterocycles. The number of rotatable bonds is 4. The number of nitrogens with zero attached hydrogens (tertiary/aromatic N) is 1. The van der Waals surface area contributed by atoms with Gasteiger partial charge in [-0.25, -0.2) is 10.8 Å². The van der Waals surface area contributed by atoms with E-state index in [4.69, 9.17) is 15.3 Å². The van der Waals surface area contributed by atoms with Gasteiger partial charge in [0, 0.05) is 6.07 Å². The molecule has 0 atom stereocenters. The number of pyridine rings is 1. The quantitative estimate of drug-likeness (QED) is 0.236. The van der Waals surface area contributed by atoms with Gasteiger partial charge in [-0.2, -0.15) is 0 Å². The minimum atomic E-state index is -0.943. The van der Waals surface area contributed by atoms with Gasteiger partial charge in [0.25, 0.3) is 0 Å². The summed E-state index contributed by atoms with van der Waals surface area (Å²) in [6.07, 6.45) is 4.34. The number of aromatic nitrogens is 1. The number of ether oxygens (including phenoxy) is 2. The molecule has 1 aromatic rings. The van der Waals surface area contributed by atoms with Crippen molar-refractivity contribution in [3.63, 3.8) is 0 Å². The summed E-state index contributed by atoms with van der Waals surface area (Å²) < 4.78 is 10.6. The molecule has 0 aliphatic heterocycles. The molecule has 9 heteroatoms. The van der Waals surface area contributed by atoms with Crippen molar-refractivity contribution in [2.75, 3.05) is 12.4 Å². The average molecular weight is 350 g/mol. The number of nitrogens with two attached hydrogens (primary N) is 1. The van der Waals surface area contributed by atoms with Gasteiger partial charge in [-0.3, -0.25) is 19.8 Å². The number of hydrazine groups is 1. The van der Waals surface area contributed by atoms with Crippen molar-refractivity contribution < 1.29 is 23.9 Å². The zero-order valence-corrected chi connectivity index (χ0v) is 14.2. The first-order chi connectivity index (χ1) is 11.9. The fraction of sp³-hybridized carbons (Fsp3) is 0.500. The van der Waals surface area contributed by atoms with Crippen molar-refractivity contribution in [2.45, 2.75) is 38.7 Å². The lowest BCUT2D eigenvalue weighted by Gasteiger charge is -2.27. The second-order valence-corrected chi connectivity index (χ2v) is 5.88. The van der Waals surface area contributed by atoms with E-state index in [-0.39, 0.29) is 18.0 Å². The summed E-state index contributed by atoms with van der Waals surface area (Å²) >= 11 is 0. The highest BCUT2D eigenvalue weighted by molar-refractivity contribution is 6.39. The van der Waals surface area contributed by atoms with Crippen LogP contribution in [0.3, 0.4) is 0 Å². The SMILES string of the molecule is COC(=O)[C@H]1CC[C@H](Oc2cc(C)c(NC(=O)C(=O)NN)cn2)CC1. The molecule has 0 radical (unpaired) electrons. The number of hydrogen-bond acceptors (Lipinski definition) is 7. The largest absolute Gasteiger partial charge is 0.474 e. The molecule has 4 N–H and O–H groups in total. The van der Waals surface area contributed by atoms with Crippen molar-refractivity contribution in [1.29, 1.82) is 0 Å². The molecule has 0 saturated heterocycles. The topological polar surface area (TPSA) is 133 Å². The zero-order chi connectivity index (χ0) is 18.4. The predicted molar refractivity (Wildman–Crippen MR) is 88.3 cm³/mol. The van der Waals surface area contributed by atoms with E-state index in [1.54, 1.807) is 18.4 Å². The van der Waals surface area contributed by atoms with Crippen LogP contribution < -0.4 is 21.3 Å². The first-order valence-corrected chi connectivity index (χ1v) is 7.97. The predicted octanol–water partition coefficient (Wildman–Crippen LogP) is 0.429. The van der Waals surface area contributed by atoms with Gasteiger partial charge in [0.05, 0.1) is 24.9 Å². The number of hydrogen-bond donors (Lipinski definition) is 3. The van der Waals surface area contributed by atoms with Crippen molar-refractivity contribution >= 4 is 23.5 Å². The Hall–Kier alpha value is -2.68. The highest BCUT2D eigenvalue weighted by atomic mass is 16.5. The molecule has 1 fully saturated rings. The van der Waals surface area contributed by atoms with Gasteiger partial charge < -0.3 is 14.8 Å². The van der Waals surface area contributed by atoms with Crippen molar-refractivity contribution in [1.82, 2.24) is 10.4 Å². The van der Waals surface area contributed by atoms with Crippen LogP contribution >= 0.6 is 0 Å². The maximum Gasteiger partial charge on any atom is 0.323 e. The average Bonchev–Trinajstić information content (AvgIpc) is 2.63. The molecule has 1 heterocycles. The van der Waals surface area contributed by atoms with Crippen LogP contribution in [0.25, 0.3) is 0 Å². The Balaban J connectivity index is 1.92. The van der Waals surface area contributed by atoms with Crippen LogP contribution in [0.2, 0.25) is 0 Å². The summed E-state index contributed by atoms with van der Waals surface area (Å²) in [6, 6.07) is 1.68. The number of anilines is 1. The lowest BCUT2D eigenvalue weighted by atomic mass is 9.87. The number of nitrogens with one attached hydrogen (secondary N) is 2. The molecule has 2 amide bonds. The van der Waals surface area contributed by atoms with E-state index in [1.165, 1.54) is 13.3 Å². The van der Waals surface area contributed by atoms with E-state index < -0.39 is 11.8 Å². The number of aryl methyl sites for hydroxylation is 1. The smallest absolute Gasteiger partial charge is 0.323 e. The Morgan fingerprint density at radius 3 is 2.44 bits per heavy atom. The molecule has 9 nitrogen and oxygen atoms in total. The van der Waals surface area contributed by atoms with E-state index in [0.717, 1.165) is 25.7 Å². The van der Waals surface area contributed by atoms with E-state index in [9.17, 15) is 14.4 Å². The lowest BCUT2D eigenvalue weighted by molar-refractivity contribution is -0.147. The molecule has 0 aromatic carbocycles. The van der Waals surface area contributed by atoms with Gasteiger partial charge in [-0.05, 0) is 38.2 Å². The second-order valence-electron chi connectivity index (χ2n) is 5.88. The fourth-order valence-electron chi connectivity index (χ4n) is 2.72. The van der Waals surface area contributed by atoms with Gasteiger partial charge >= 0.3 is 17.8 Å². The molecule has 136 valence electrons. The fourth-order valence-corrected chi connectivity index (χ4v) is 2.72. The third-order valence-corrected chi connectivity index (χ3v) is 4.17. The maximum absolute atomic E-state index is 11.5. The standard InChI is InChI=1S/C16H22N4O5/c1-9-7-13(18-8-12(9)19-14(21)15(22)20-17)25-11-5-3-10(4-6-11)16(23)24-2/h7-8,10-11H,3-6,17H2,1-2H3,(H,19,21)(H,20,22)/t10-,11-. The third kappa shape index (κ3) is 4.90. The third-order valence-electron chi connectivity index (χ3n) is 4.17. The van der Waals surface area contributed by atoms with Crippen LogP contribution in [-0.4, -0.2) is 36.0 Å². The highest BCUT2D eigenvalue weighted by Crippen LogP contribution is 2.28. The van der Waals surface area contributed by atoms with Gasteiger partial charge in [-0.1, -0.05) is 0 Å². The van der Waals surface area contributed by atoms with Gasteiger partial charge in [0.2, 0.25) is 5.88 Å². The minimum Gasteiger partial charge on any atom is -0.474 e. The maximum atomic E-state index is 11.5. The van der Waals surface area contributed by atoms with Gasteiger partial charge in [0.1, 0.15) is 6.10 Å². The molecular weight excluding hydrogens is 328 g/mol. The molecule has 0 unspecified atom stereocenters. The summed E-state index contributed by atoms with van der Waals surface area (Å²) in [6.45, 7) is 1.76. The molecule has 1 aliphatic rings. The highest BCUT2D eigenvalue weighted by Gasteiger charge is 2.28. The lowest BCUT2D eigenvalue weighted by Crippen LogP contribution is -2.39. The summed E-state index contributed by atoms with van der Waals surface area (Å²) in [5, 5.41) is 2.42. The summed E-state index contributed by atoms with van der Waals surface area (Å²) in [5.74, 6) is 3.28. The number of carbonyl (C=O) groups excluding carboxylic acids is 3. The molecule has 2 rings (SSSR count). The van der Waals surface area contributed by atoms with Crippen LogP contribution in [0.4, 0.5) is 5.69 Å². The molecular formula is C16H22N4O5. The molecule has 1 saturated carbocycles. The molecule has 25 heavy (non-hydrogen) atoms. The van der Waals surface area contributed by atoms with Gasteiger partial charge in [0.15, 0.2) is 0 Å². The molecule has 0 spiro atoms. The van der Waals surface area contributed by atoms with Crippen LogP contribution in [0.5, 0.6) is 5.88 Å². The van der Waals surface area contributed by atoms with Crippen LogP contribution in [0.15, 0.2) is 12.3 Å². The zero-order valence-electron chi connectivity index (χ0n) is 14.2. The van der Waals surface area contributed by atoms with Crippen LogP contribution in [-0.2, 0) is 19.1 Å². The number of esters is 1. The monoisotopic (exact) mass is 350 g/mol. The van der Waals surface area contributed by atoms with Crippen molar-refractivity contribution in [3.05, 3.63) is 17.8 Å². The summed E-state index contributed by atoms with van der Waals surface area (Å²) in [5.41, 5.74) is 2.86. The first-order valence-electron chi connectivity index (χ1n) is 7.97. The molecule has 1 aliphatic carbocycles. The molecule has 0 bridgehead atoms. The Kier molecular flexibility index (Phi) is 6.29. The Labute approximate surface area is 145 Å². The number of carbonyl (C=O) groups is 3. The van der Waals surface area contributed by atoms with E-state index in [2.05, 4.69) is 10.3 Å². The van der Waals surface area contributed by atoms with Crippen molar-refractivity contribution in [2.24, 2.45) is 11.8 Å². The van der Waals surface area contributed by atoms with Crippen molar-refractivity contribution in [3.8, 4) is 5.88 Å². The Morgan fingerprint density at radius 2 is 1.88 bits per heavy atom. The Morgan fingerprint density at radius 1 is 1.20 bits per heavy atom. The minimum absolute atomic E-state index is 0.0173.